The molecular formula is C14H17NO. The van der Waals surface area contributed by atoms with Gasteiger partial charge in [0, 0.05) is 12.6 Å². The second-order valence-corrected chi connectivity index (χ2v) is 3.70. The standard InChI is InChI=1S/C14H17NO/c1-4-6-12-8-13(7-5-2)10-14(9-12)15-11(3)16/h4-5,8-10H,1-2,6-7H2,3H3,(H,15,16). The van der Waals surface area contributed by atoms with Crippen LogP contribution in [0.25, 0.3) is 0 Å². The third kappa shape index (κ3) is 3.73. The lowest BCUT2D eigenvalue weighted by molar-refractivity contribution is -0.114. The topological polar surface area (TPSA) is 29.1 Å². The zero-order chi connectivity index (χ0) is 12.0. The SMILES string of the molecule is C=CCc1cc(CC=C)cc(NC(C)=O)c1. The summed E-state index contributed by atoms with van der Waals surface area (Å²) in [6, 6.07) is 6.04. The van der Waals surface area contributed by atoms with E-state index in [-0.39, 0.29) is 5.91 Å². The molecule has 0 aliphatic heterocycles. The van der Waals surface area contributed by atoms with E-state index in [4.69, 9.17) is 0 Å². The lowest BCUT2D eigenvalue weighted by atomic mass is 10.0. The molecule has 0 aliphatic carbocycles. The fourth-order valence-electron chi connectivity index (χ4n) is 1.61. The summed E-state index contributed by atoms with van der Waals surface area (Å²) in [6.07, 6.45) is 5.31. The van der Waals surface area contributed by atoms with E-state index in [0.717, 1.165) is 29.7 Å². The Hall–Kier alpha value is -1.83. The van der Waals surface area contributed by atoms with E-state index in [0.29, 0.717) is 0 Å². The molecule has 0 fully saturated rings. The van der Waals surface area contributed by atoms with Crippen LogP contribution >= 0.6 is 0 Å². The Bertz CT molecular complexity index is 379. The largest absolute Gasteiger partial charge is 0.326 e. The van der Waals surface area contributed by atoms with E-state index in [2.05, 4.69) is 24.5 Å². The lowest BCUT2D eigenvalue weighted by Gasteiger charge is -2.08. The van der Waals surface area contributed by atoms with Crippen LogP contribution in [0, 0.1) is 0 Å². The maximum atomic E-state index is 11.0. The van der Waals surface area contributed by atoms with E-state index < -0.39 is 0 Å². The molecule has 0 heterocycles. The van der Waals surface area contributed by atoms with Crippen LogP contribution in [0.2, 0.25) is 0 Å². The lowest BCUT2D eigenvalue weighted by Crippen LogP contribution is -2.06. The molecule has 0 saturated heterocycles. The average Bonchev–Trinajstić information content (AvgIpc) is 2.17. The fraction of sp³-hybridized carbons (Fsp3) is 0.214. The van der Waals surface area contributed by atoms with Crippen LogP contribution in [0.3, 0.4) is 0 Å². The van der Waals surface area contributed by atoms with Crippen molar-refractivity contribution in [3.05, 3.63) is 54.6 Å². The molecule has 0 atom stereocenters. The predicted molar refractivity (Wildman–Crippen MR) is 68.5 cm³/mol. The summed E-state index contributed by atoms with van der Waals surface area (Å²) >= 11 is 0. The maximum Gasteiger partial charge on any atom is 0.221 e. The van der Waals surface area contributed by atoms with Crippen molar-refractivity contribution < 1.29 is 4.79 Å². The first-order valence-corrected chi connectivity index (χ1v) is 5.28. The molecular weight excluding hydrogens is 198 g/mol. The van der Waals surface area contributed by atoms with Gasteiger partial charge in [-0.1, -0.05) is 18.2 Å². The Morgan fingerprint density at radius 1 is 1.19 bits per heavy atom. The highest BCUT2D eigenvalue weighted by Crippen LogP contribution is 2.16. The summed E-state index contributed by atoms with van der Waals surface area (Å²) in [5, 5.41) is 2.79. The number of benzene rings is 1. The smallest absolute Gasteiger partial charge is 0.221 e. The average molecular weight is 215 g/mol. The van der Waals surface area contributed by atoms with E-state index >= 15 is 0 Å². The van der Waals surface area contributed by atoms with Gasteiger partial charge < -0.3 is 5.32 Å². The molecule has 16 heavy (non-hydrogen) atoms. The highest BCUT2D eigenvalue weighted by Gasteiger charge is 2.01. The van der Waals surface area contributed by atoms with E-state index in [9.17, 15) is 4.79 Å². The Balaban J connectivity index is 3.01. The van der Waals surface area contributed by atoms with Gasteiger partial charge in [0.2, 0.25) is 5.91 Å². The number of nitrogens with one attached hydrogen (secondary N) is 1. The molecule has 1 aromatic carbocycles. The molecule has 1 amide bonds. The minimum Gasteiger partial charge on any atom is -0.326 e. The first-order valence-electron chi connectivity index (χ1n) is 5.28. The van der Waals surface area contributed by atoms with Crippen molar-refractivity contribution in [1.82, 2.24) is 0 Å². The second-order valence-electron chi connectivity index (χ2n) is 3.70. The quantitative estimate of drug-likeness (QED) is 0.751. The first-order chi connectivity index (χ1) is 7.65. The van der Waals surface area contributed by atoms with E-state index in [1.165, 1.54) is 6.92 Å². The zero-order valence-corrected chi connectivity index (χ0v) is 9.62. The summed E-state index contributed by atoms with van der Waals surface area (Å²) in [7, 11) is 0. The van der Waals surface area contributed by atoms with Gasteiger partial charge in [0.15, 0.2) is 0 Å². The highest BCUT2D eigenvalue weighted by molar-refractivity contribution is 5.88. The number of allylic oxidation sites excluding steroid dienone is 2. The van der Waals surface area contributed by atoms with Gasteiger partial charge in [-0.2, -0.15) is 0 Å². The Labute approximate surface area is 96.7 Å². The Morgan fingerprint density at radius 2 is 1.69 bits per heavy atom. The van der Waals surface area contributed by atoms with E-state index in [1.807, 2.05) is 24.3 Å². The number of hydrogen-bond donors (Lipinski definition) is 1. The van der Waals surface area contributed by atoms with Gasteiger partial charge in [-0.3, -0.25) is 4.79 Å². The summed E-state index contributed by atoms with van der Waals surface area (Å²) in [4.78, 5) is 11.0. The molecule has 0 bridgehead atoms. The van der Waals surface area contributed by atoms with Gasteiger partial charge >= 0.3 is 0 Å². The zero-order valence-electron chi connectivity index (χ0n) is 9.62. The van der Waals surface area contributed by atoms with Crippen molar-refractivity contribution in [2.75, 3.05) is 5.32 Å². The third-order valence-electron chi connectivity index (χ3n) is 2.13. The molecule has 0 aliphatic rings. The summed E-state index contributed by atoms with van der Waals surface area (Å²) in [5.41, 5.74) is 3.14. The minimum atomic E-state index is -0.0553. The van der Waals surface area contributed by atoms with Crippen LogP contribution < -0.4 is 5.32 Å². The third-order valence-corrected chi connectivity index (χ3v) is 2.13. The van der Waals surface area contributed by atoms with Gasteiger partial charge in [0.1, 0.15) is 0 Å². The van der Waals surface area contributed by atoms with Crippen molar-refractivity contribution in [3.63, 3.8) is 0 Å². The second kappa shape index (κ2) is 5.91. The van der Waals surface area contributed by atoms with Crippen LogP contribution in [-0.2, 0) is 17.6 Å². The molecule has 0 radical (unpaired) electrons. The number of carbonyl (C=O) groups excluding carboxylic acids is 1. The van der Waals surface area contributed by atoms with Gasteiger partial charge in [-0.05, 0) is 36.1 Å². The Morgan fingerprint density at radius 3 is 2.06 bits per heavy atom. The number of hydrogen-bond acceptors (Lipinski definition) is 1. The molecule has 0 aromatic heterocycles. The van der Waals surface area contributed by atoms with Crippen LogP contribution in [0.5, 0.6) is 0 Å². The molecule has 1 aromatic rings. The van der Waals surface area contributed by atoms with Crippen LogP contribution in [0.1, 0.15) is 18.1 Å². The normalized spacial score (nSPS) is 9.56. The number of amides is 1. The van der Waals surface area contributed by atoms with Gasteiger partial charge in [-0.15, -0.1) is 13.2 Å². The molecule has 0 spiro atoms. The maximum absolute atomic E-state index is 11.0. The monoisotopic (exact) mass is 215 g/mol. The van der Waals surface area contributed by atoms with Crippen LogP contribution in [0.15, 0.2) is 43.5 Å². The molecule has 0 saturated carbocycles. The molecule has 2 nitrogen and oxygen atoms in total. The Kier molecular flexibility index (Phi) is 4.52. The van der Waals surface area contributed by atoms with E-state index in [1.54, 1.807) is 0 Å². The van der Waals surface area contributed by atoms with Crippen molar-refractivity contribution in [2.45, 2.75) is 19.8 Å². The number of rotatable bonds is 5. The van der Waals surface area contributed by atoms with Crippen molar-refractivity contribution in [3.8, 4) is 0 Å². The molecule has 84 valence electrons. The van der Waals surface area contributed by atoms with Gasteiger partial charge in [0.25, 0.3) is 0 Å². The summed E-state index contributed by atoms with van der Waals surface area (Å²) < 4.78 is 0. The van der Waals surface area contributed by atoms with Crippen molar-refractivity contribution in [2.24, 2.45) is 0 Å². The molecule has 1 N–H and O–H groups in total. The minimum absolute atomic E-state index is 0.0553. The number of carbonyl (C=O) groups is 1. The predicted octanol–water partition coefficient (Wildman–Crippen LogP) is 3.10. The van der Waals surface area contributed by atoms with Crippen LogP contribution in [-0.4, -0.2) is 5.91 Å². The highest BCUT2D eigenvalue weighted by atomic mass is 16.1. The summed E-state index contributed by atoms with van der Waals surface area (Å²) in [6.45, 7) is 8.94. The molecule has 2 heteroatoms. The first kappa shape index (κ1) is 12.2. The van der Waals surface area contributed by atoms with Crippen LogP contribution in [0.4, 0.5) is 5.69 Å². The molecule has 0 unspecified atom stereocenters. The molecule has 1 rings (SSSR count). The van der Waals surface area contributed by atoms with Crippen molar-refractivity contribution >= 4 is 11.6 Å². The number of anilines is 1. The van der Waals surface area contributed by atoms with Crippen molar-refractivity contribution in [1.29, 1.82) is 0 Å². The van der Waals surface area contributed by atoms with Gasteiger partial charge in [-0.25, -0.2) is 0 Å². The van der Waals surface area contributed by atoms with Gasteiger partial charge in [0.05, 0.1) is 0 Å². The fourth-order valence-corrected chi connectivity index (χ4v) is 1.61. The summed E-state index contributed by atoms with van der Waals surface area (Å²) in [5.74, 6) is -0.0553.